The van der Waals surface area contributed by atoms with Crippen LogP contribution in [0, 0.1) is 11.3 Å². The molecule has 8 heteroatoms. The quantitative estimate of drug-likeness (QED) is 0.319. The lowest BCUT2D eigenvalue weighted by molar-refractivity contribution is 0.327. The van der Waals surface area contributed by atoms with Crippen LogP contribution in [0.1, 0.15) is 30.3 Å². The van der Waals surface area contributed by atoms with Gasteiger partial charge in [0.2, 0.25) is 0 Å². The van der Waals surface area contributed by atoms with Crippen LogP contribution in [0.2, 0.25) is 0 Å². The molecule has 0 saturated heterocycles. The lowest BCUT2D eigenvalue weighted by Gasteiger charge is -2.14. The van der Waals surface area contributed by atoms with Crippen LogP contribution >= 0.6 is 15.9 Å². The lowest BCUT2D eigenvalue weighted by Crippen LogP contribution is -2.22. The Balaban J connectivity index is 2.12. The fourth-order valence-corrected chi connectivity index (χ4v) is 3.67. The van der Waals surface area contributed by atoms with Crippen molar-refractivity contribution >= 4 is 33.0 Å². The van der Waals surface area contributed by atoms with Crippen molar-refractivity contribution < 1.29 is 9.47 Å². The van der Waals surface area contributed by atoms with Crippen LogP contribution in [-0.4, -0.2) is 29.6 Å². The van der Waals surface area contributed by atoms with Crippen LogP contribution < -0.4 is 15.0 Å². The van der Waals surface area contributed by atoms with Crippen molar-refractivity contribution in [3.63, 3.8) is 0 Å². The normalized spacial score (nSPS) is 10.9. The minimum absolute atomic E-state index is 0.0952. The molecule has 0 aliphatic heterocycles. The number of hydrogen-bond donors (Lipinski definition) is 0. The summed E-state index contributed by atoms with van der Waals surface area (Å²) in [6, 6.07) is 11.0. The van der Waals surface area contributed by atoms with E-state index in [4.69, 9.17) is 14.7 Å². The first kappa shape index (κ1) is 23.2. The van der Waals surface area contributed by atoms with Crippen molar-refractivity contribution in [1.29, 1.82) is 5.26 Å². The minimum Gasteiger partial charge on any atom is -0.493 e. The molecule has 0 atom stereocenters. The van der Waals surface area contributed by atoms with E-state index in [1.54, 1.807) is 24.4 Å². The number of nitriles is 1. The second kappa shape index (κ2) is 10.7. The van der Waals surface area contributed by atoms with Gasteiger partial charge in [0.05, 0.1) is 24.2 Å². The third-order valence-corrected chi connectivity index (χ3v) is 5.18. The summed E-state index contributed by atoms with van der Waals surface area (Å²) in [5.74, 6) is 1.56. The van der Waals surface area contributed by atoms with Gasteiger partial charge in [-0.15, -0.1) is 6.58 Å². The first-order valence-electron chi connectivity index (χ1n) is 10.1. The topological polar surface area (TPSA) is 89.5 Å². The van der Waals surface area contributed by atoms with Gasteiger partial charge in [0.1, 0.15) is 11.9 Å². The summed E-state index contributed by atoms with van der Waals surface area (Å²) >= 11 is 3.41. The third-order valence-electron chi connectivity index (χ3n) is 4.69. The molecule has 1 heterocycles. The average Bonchev–Trinajstić information content (AvgIpc) is 2.78. The zero-order chi connectivity index (χ0) is 23.1. The zero-order valence-corrected chi connectivity index (χ0v) is 19.6. The van der Waals surface area contributed by atoms with Crippen molar-refractivity contribution in [1.82, 2.24) is 9.66 Å². The standard InChI is InChI=1S/C24H23BrN4O3/c1-4-6-17-12-16(13-21(31-3)23(17)32-11-10-26)15-27-29-22(7-5-2)28-20-9-8-18(25)14-19(20)24(29)30/h4,8-9,12-15H,1,5-7,11H2,2-3H3. The number of hydrogen-bond acceptors (Lipinski definition) is 6. The molecule has 0 aliphatic rings. The van der Waals surface area contributed by atoms with Gasteiger partial charge in [0, 0.05) is 16.5 Å². The van der Waals surface area contributed by atoms with E-state index < -0.39 is 0 Å². The van der Waals surface area contributed by atoms with E-state index in [9.17, 15) is 4.79 Å². The molecule has 0 bridgehead atoms. The Bertz CT molecular complexity index is 1270. The SMILES string of the molecule is C=CCc1cc(C=Nn2c(CCC)nc3ccc(Br)cc3c2=O)cc(OC)c1OCC#N. The van der Waals surface area contributed by atoms with Gasteiger partial charge >= 0.3 is 0 Å². The Labute approximate surface area is 194 Å². The first-order valence-corrected chi connectivity index (χ1v) is 10.9. The lowest BCUT2D eigenvalue weighted by atomic mass is 10.1. The summed E-state index contributed by atoms with van der Waals surface area (Å²) in [5.41, 5.74) is 1.93. The molecule has 2 aromatic carbocycles. The highest BCUT2D eigenvalue weighted by molar-refractivity contribution is 9.10. The fraction of sp³-hybridized carbons (Fsp3) is 0.250. The van der Waals surface area contributed by atoms with Crippen LogP contribution in [0.15, 0.2) is 57.4 Å². The van der Waals surface area contributed by atoms with Crippen LogP contribution in [0.4, 0.5) is 0 Å². The Hall–Kier alpha value is -3.44. The van der Waals surface area contributed by atoms with Gasteiger partial charge in [0.25, 0.3) is 5.56 Å². The molecular weight excluding hydrogens is 472 g/mol. The van der Waals surface area contributed by atoms with Gasteiger partial charge in [0.15, 0.2) is 18.1 Å². The maximum Gasteiger partial charge on any atom is 0.282 e. The minimum atomic E-state index is -0.233. The molecule has 0 fully saturated rings. The molecule has 7 nitrogen and oxygen atoms in total. The largest absolute Gasteiger partial charge is 0.493 e. The predicted octanol–water partition coefficient (Wildman–Crippen LogP) is 4.63. The van der Waals surface area contributed by atoms with E-state index >= 15 is 0 Å². The number of fused-ring (bicyclic) bond motifs is 1. The molecule has 164 valence electrons. The molecule has 0 amide bonds. The molecule has 1 aromatic heterocycles. The van der Waals surface area contributed by atoms with E-state index in [1.807, 2.05) is 31.2 Å². The summed E-state index contributed by atoms with van der Waals surface area (Å²) in [5, 5.41) is 13.8. The number of nitrogens with zero attached hydrogens (tertiary/aromatic N) is 4. The molecule has 3 rings (SSSR count). The maximum atomic E-state index is 13.2. The number of aryl methyl sites for hydroxylation is 1. The second-order valence-electron chi connectivity index (χ2n) is 6.95. The number of benzene rings is 2. The summed E-state index contributed by atoms with van der Waals surface area (Å²) in [6.45, 7) is 5.71. The summed E-state index contributed by atoms with van der Waals surface area (Å²) < 4.78 is 13.2. The van der Waals surface area contributed by atoms with Crippen molar-refractivity contribution in [3.05, 3.63) is 74.8 Å². The van der Waals surface area contributed by atoms with Crippen LogP contribution in [-0.2, 0) is 12.8 Å². The van der Waals surface area contributed by atoms with Crippen LogP contribution in [0.3, 0.4) is 0 Å². The Morgan fingerprint density at radius 1 is 1.34 bits per heavy atom. The van der Waals surface area contributed by atoms with Gasteiger partial charge in [-0.1, -0.05) is 28.9 Å². The number of halogens is 1. The van der Waals surface area contributed by atoms with Crippen molar-refractivity contribution in [2.75, 3.05) is 13.7 Å². The molecule has 0 radical (unpaired) electrons. The summed E-state index contributed by atoms with van der Waals surface area (Å²) in [7, 11) is 1.53. The Kier molecular flexibility index (Phi) is 7.79. The van der Waals surface area contributed by atoms with Crippen molar-refractivity contribution in [2.45, 2.75) is 26.2 Å². The molecule has 0 saturated carbocycles. The predicted molar refractivity (Wildman–Crippen MR) is 129 cm³/mol. The molecule has 32 heavy (non-hydrogen) atoms. The molecular formula is C24H23BrN4O3. The third kappa shape index (κ3) is 5.06. The van der Waals surface area contributed by atoms with Gasteiger partial charge in [-0.25, -0.2) is 4.98 Å². The number of aromatic nitrogens is 2. The zero-order valence-electron chi connectivity index (χ0n) is 18.0. The van der Waals surface area contributed by atoms with Gasteiger partial charge in [-0.3, -0.25) is 4.79 Å². The molecule has 0 aliphatic carbocycles. The monoisotopic (exact) mass is 494 g/mol. The van der Waals surface area contributed by atoms with E-state index in [0.717, 1.165) is 16.5 Å². The van der Waals surface area contributed by atoms with E-state index in [0.29, 0.717) is 46.6 Å². The van der Waals surface area contributed by atoms with Gasteiger partial charge in [-0.2, -0.15) is 15.0 Å². The van der Waals surface area contributed by atoms with Gasteiger partial charge < -0.3 is 9.47 Å². The van der Waals surface area contributed by atoms with Crippen molar-refractivity contribution in [2.24, 2.45) is 5.10 Å². The fourth-order valence-electron chi connectivity index (χ4n) is 3.31. The van der Waals surface area contributed by atoms with Crippen molar-refractivity contribution in [3.8, 4) is 17.6 Å². The highest BCUT2D eigenvalue weighted by Crippen LogP contribution is 2.33. The van der Waals surface area contributed by atoms with E-state index in [1.165, 1.54) is 11.8 Å². The smallest absolute Gasteiger partial charge is 0.282 e. The summed E-state index contributed by atoms with van der Waals surface area (Å²) in [6.07, 6.45) is 5.29. The average molecular weight is 495 g/mol. The number of allylic oxidation sites excluding steroid dienone is 1. The molecule has 0 N–H and O–H groups in total. The molecule has 0 spiro atoms. The number of ether oxygens (including phenoxy) is 2. The van der Waals surface area contributed by atoms with Crippen LogP contribution in [0.5, 0.6) is 11.5 Å². The first-order chi connectivity index (χ1) is 15.5. The maximum absolute atomic E-state index is 13.2. The summed E-state index contributed by atoms with van der Waals surface area (Å²) in [4.78, 5) is 17.8. The Morgan fingerprint density at radius 2 is 2.16 bits per heavy atom. The second-order valence-corrected chi connectivity index (χ2v) is 7.87. The Morgan fingerprint density at radius 3 is 2.84 bits per heavy atom. The molecule has 3 aromatic rings. The van der Waals surface area contributed by atoms with E-state index in [2.05, 4.69) is 32.6 Å². The van der Waals surface area contributed by atoms with E-state index in [-0.39, 0.29) is 12.2 Å². The highest BCUT2D eigenvalue weighted by Gasteiger charge is 2.13. The highest BCUT2D eigenvalue weighted by atomic mass is 79.9. The van der Waals surface area contributed by atoms with Gasteiger partial charge in [-0.05, 0) is 48.7 Å². The number of methoxy groups -OCH3 is 1. The number of rotatable bonds is 9. The molecule has 0 unspecified atom stereocenters. The van der Waals surface area contributed by atoms with Crippen LogP contribution in [0.25, 0.3) is 10.9 Å².